The standard InChI is InChI=1S/C19H25ClO2/c1-2-3-4-5-6-12-21-18-9-7-17-15-19(22-13-11-20)10-8-16(17)14-18/h7-10,14-15H,2-6,11-13H2,1H3. The van der Waals surface area contributed by atoms with Crippen molar-refractivity contribution in [2.24, 2.45) is 0 Å². The van der Waals surface area contributed by atoms with E-state index < -0.39 is 0 Å². The lowest BCUT2D eigenvalue weighted by Gasteiger charge is -2.09. The van der Waals surface area contributed by atoms with Crippen LogP contribution in [0.3, 0.4) is 0 Å². The normalized spacial score (nSPS) is 10.8. The Balaban J connectivity index is 1.87. The van der Waals surface area contributed by atoms with Crippen LogP contribution >= 0.6 is 11.6 Å². The molecule has 0 unspecified atom stereocenters. The van der Waals surface area contributed by atoms with Gasteiger partial charge in [0.2, 0.25) is 0 Å². The van der Waals surface area contributed by atoms with Crippen molar-refractivity contribution in [3.63, 3.8) is 0 Å². The Hall–Kier alpha value is -1.41. The van der Waals surface area contributed by atoms with Crippen molar-refractivity contribution >= 4 is 22.4 Å². The Bertz CT molecular complexity index is 568. The summed E-state index contributed by atoms with van der Waals surface area (Å²) in [7, 11) is 0. The predicted molar refractivity (Wildman–Crippen MR) is 94.4 cm³/mol. The molecule has 2 aromatic carbocycles. The molecular weight excluding hydrogens is 296 g/mol. The van der Waals surface area contributed by atoms with Gasteiger partial charge in [-0.1, -0.05) is 44.7 Å². The molecule has 2 aromatic rings. The summed E-state index contributed by atoms with van der Waals surface area (Å²) >= 11 is 5.64. The Morgan fingerprint density at radius 1 is 0.773 bits per heavy atom. The van der Waals surface area contributed by atoms with Gasteiger partial charge in [-0.15, -0.1) is 11.6 Å². The quantitative estimate of drug-likeness (QED) is 0.406. The van der Waals surface area contributed by atoms with E-state index >= 15 is 0 Å². The van der Waals surface area contributed by atoms with Crippen molar-refractivity contribution in [3.05, 3.63) is 36.4 Å². The fourth-order valence-corrected chi connectivity index (χ4v) is 2.51. The highest BCUT2D eigenvalue weighted by molar-refractivity contribution is 6.18. The minimum absolute atomic E-state index is 0.503. The highest BCUT2D eigenvalue weighted by Gasteiger charge is 2.00. The van der Waals surface area contributed by atoms with E-state index in [-0.39, 0.29) is 0 Å². The Labute approximate surface area is 138 Å². The van der Waals surface area contributed by atoms with E-state index in [0.29, 0.717) is 12.5 Å². The molecule has 0 bridgehead atoms. The lowest BCUT2D eigenvalue weighted by molar-refractivity contribution is 0.305. The first kappa shape index (κ1) is 17.0. The highest BCUT2D eigenvalue weighted by Crippen LogP contribution is 2.25. The third-order valence-electron chi connectivity index (χ3n) is 3.65. The Morgan fingerprint density at radius 2 is 1.36 bits per heavy atom. The van der Waals surface area contributed by atoms with Crippen LogP contribution in [-0.2, 0) is 0 Å². The van der Waals surface area contributed by atoms with Crippen LogP contribution in [0.5, 0.6) is 11.5 Å². The zero-order valence-electron chi connectivity index (χ0n) is 13.3. The van der Waals surface area contributed by atoms with Gasteiger partial charge in [0.1, 0.15) is 18.1 Å². The topological polar surface area (TPSA) is 18.5 Å². The Morgan fingerprint density at radius 3 is 1.95 bits per heavy atom. The van der Waals surface area contributed by atoms with Crippen LogP contribution in [0.2, 0.25) is 0 Å². The summed E-state index contributed by atoms with van der Waals surface area (Å²) in [6.45, 7) is 3.57. The van der Waals surface area contributed by atoms with Gasteiger partial charge in [0, 0.05) is 0 Å². The second-order valence-corrected chi connectivity index (χ2v) is 5.85. The molecule has 120 valence electrons. The number of ether oxygens (including phenoxy) is 2. The minimum Gasteiger partial charge on any atom is -0.494 e. The maximum absolute atomic E-state index is 5.84. The Kier molecular flexibility index (Phi) is 7.38. The smallest absolute Gasteiger partial charge is 0.119 e. The average molecular weight is 321 g/mol. The van der Waals surface area contributed by atoms with Crippen molar-refractivity contribution in [3.8, 4) is 11.5 Å². The van der Waals surface area contributed by atoms with E-state index in [1.54, 1.807) is 0 Å². The first-order valence-electron chi connectivity index (χ1n) is 8.19. The molecule has 0 spiro atoms. The van der Waals surface area contributed by atoms with Crippen LogP contribution in [0.4, 0.5) is 0 Å². The summed E-state index contributed by atoms with van der Waals surface area (Å²) in [5.41, 5.74) is 0. The molecule has 2 rings (SSSR count). The largest absolute Gasteiger partial charge is 0.494 e. The summed E-state index contributed by atoms with van der Waals surface area (Å²) in [4.78, 5) is 0. The summed E-state index contributed by atoms with van der Waals surface area (Å²) in [6.07, 6.45) is 6.29. The molecule has 0 saturated heterocycles. The minimum atomic E-state index is 0.503. The van der Waals surface area contributed by atoms with Crippen LogP contribution in [0.1, 0.15) is 39.0 Å². The molecule has 0 aliphatic carbocycles. The van der Waals surface area contributed by atoms with Crippen molar-refractivity contribution in [1.82, 2.24) is 0 Å². The van der Waals surface area contributed by atoms with E-state index in [9.17, 15) is 0 Å². The van der Waals surface area contributed by atoms with Crippen LogP contribution in [0.15, 0.2) is 36.4 Å². The molecule has 2 nitrogen and oxygen atoms in total. The van der Waals surface area contributed by atoms with Crippen LogP contribution < -0.4 is 9.47 Å². The summed E-state index contributed by atoms with van der Waals surface area (Å²) in [5.74, 6) is 2.30. The first-order valence-corrected chi connectivity index (χ1v) is 8.72. The zero-order chi connectivity index (χ0) is 15.6. The van der Waals surface area contributed by atoms with Gasteiger partial charge in [0.25, 0.3) is 0 Å². The molecule has 0 N–H and O–H groups in total. The second-order valence-electron chi connectivity index (χ2n) is 5.47. The number of unbranched alkanes of at least 4 members (excludes halogenated alkanes) is 4. The van der Waals surface area contributed by atoms with Gasteiger partial charge in [-0.3, -0.25) is 0 Å². The van der Waals surface area contributed by atoms with Crippen LogP contribution in [0.25, 0.3) is 10.8 Å². The maximum Gasteiger partial charge on any atom is 0.119 e. The lowest BCUT2D eigenvalue weighted by Crippen LogP contribution is -1.98. The van der Waals surface area contributed by atoms with E-state index in [2.05, 4.69) is 25.1 Å². The zero-order valence-corrected chi connectivity index (χ0v) is 14.1. The molecule has 0 heterocycles. The third kappa shape index (κ3) is 5.42. The molecule has 0 amide bonds. The fraction of sp³-hybridized carbons (Fsp3) is 0.474. The van der Waals surface area contributed by atoms with Gasteiger partial charge in [0.15, 0.2) is 0 Å². The maximum atomic E-state index is 5.84. The number of benzene rings is 2. The molecule has 0 aliphatic rings. The number of fused-ring (bicyclic) bond motifs is 1. The number of alkyl halides is 1. The van der Waals surface area contributed by atoms with Gasteiger partial charge >= 0.3 is 0 Å². The van der Waals surface area contributed by atoms with E-state index in [1.807, 2.05) is 18.2 Å². The second kappa shape index (κ2) is 9.58. The summed E-state index contributed by atoms with van der Waals surface area (Å²) in [6, 6.07) is 12.3. The number of halogens is 1. The van der Waals surface area contributed by atoms with Crippen molar-refractivity contribution in [2.75, 3.05) is 19.1 Å². The molecule has 22 heavy (non-hydrogen) atoms. The monoisotopic (exact) mass is 320 g/mol. The third-order valence-corrected chi connectivity index (χ3v) is 3.80. The number of rotatable bonds is 10. The first-order chi connectivity index (χ1) is 10.8. The molecule has 0 saturated carbocycles. The molecular formula is C19H25ClO2. The van der Waals surface area contributed by atoms with Gasteiger partial charge in [0.05, 0.1) is 12.5 Å². The highest BCUT2D eigenvalue weighted by atomic mass is 35.5. The van der Waals surface area contributed by atoms with E-state index in [4.69, 9.17) is 21.1 Å². The van der Waals surface area contributed by atoms with Crippen LogP contribution in [-0.4, -0.2) is 19.1 Å². The summed E-state index contributed by atoms with van der Waals surface area (Å²) < 4.78 is 11.4. The SMILES string of the molecule is CCCCCCCOc1ccc2cc(OCCCl)ccc2c1. The average Bonchev–Trinajstić information content (AvgIpc) is 2.56. The number of hydrogen-bond donors (Lipinski definition) is 0. The number of hydrogen-bond acceptors (Lipinski definition) is 2. The van der Waals surface area contributed by atoms with E-state index in [1.165, 1.54) is 31.1 Å². The molecule has 0 aromatic heterocycles. The molecule has 0 fully saturated rings. The van der Waals surface area contributed by atoms with Crippen molar-refractivity contribution in [1.29, 1.82) is 0 Å². The molecule has 0 radical (unpaired) electrons. The van der Waals surface area contributed by atoms with Gasteiger partial charge in [-0.25, -0.2) is 0 Å². The van der Waals surface area contributed by atoms with Gasteiger partial charge in [-0.05, 0) is 41.5 Å². The molecule has 0 atom stereocenters. The van der Waals surface area contributed by atoms with Crippen LogP contribution in [0, 0.1) is 0 Å². The van der Waals surface area contributed by atoms with Gasteiger partial charge in [-0.2, -0.15) is 0 Å². The fourth-order valence-electron chi connectivity index (χ4n) is 2.43. The van der Waals surface area contributed by atoms with Crippen molar-refractivity contribution < 1.29 is 9.47 Å². The van der Waals surface area contributed by atoms with Gasteiger partial charge < -0.3 is 9.47 Å². The molecule has 0 aliphatic heterocycles. The predicted octanol–water partition coefficient (Wildman–Crippen LogP) is 5.81. The van der Waals surface area contributed by atoms with Crippen molar-refractivity contribution in [2.45, 2.75) is 39.0 Å². The summed E-state index contributed by atoms with van der Waals surface area (Å²) in [5, 5.41) is 2.32. The van der Waals surface area contributed by atoms with E-state index in [0.717, 1.165) is 29.9 Å². The lowest BCUT2D eigenvalue weighted by atomic mass is 10.1. The molecule has 3 heteroatoms.